The van der Waals surface area contributed by atoms with Crippen molar-refractivity contribution in [3.63, 3.8) is 0 Å². The number of aromatic nitrogens is 1. The van der Waals surface area contributed by atoms with Crippen molar-refractivity contribution < 1.29 is 9.47 Å². The maximum absolute atomic E-state index is 5.07. The highest BCUT2D eigenvalue weighted by Crippen LogP contribution is 2.01. The van der Waals surface area contributed by atoms with Gasteiger partial charge in [0.15, 0.2) is 0 Å². The lowest BCUT2D eigenvalue weighted by Crippen LogP contribution is -2.19. The second-order valence-corrected chi connectivity index (χ2v) is 3.71. The first-order chi connectivity index (χ1) is 7.88. The van der Waals surface area contributed by atoms with E-state index in [0.29, 0.717) is 0 Å². The van der Waals surface area contributed by atoms with Gasteiger partial charge in [0.25, 0.3) is 0 Å². The lowest BCUT2D eigenvalue weighted by molar-refractivity contribution is 0.186. The zero-order chi connectivity index (χ0) is 11.6. The third-order valence-electron chi connectivity index (χ3n) is 2.47. The van der Waals surface area contributed by atoms with Gasteiger partial charge in [-0.05, 0) is 25.1 Å². The van der Waals surface area contributed by atoms with Gasteiger partial charge < -0.3 is 19.4 Å². The minimum absolute atomic E-state index is 0.755. The van der Waals surface area contributed by atoms with E-state index in [2.05, 4.69) is 28.2 Å². The fourth-order valence-electron chi connectivity index (χ4n) is 1.58. The van der Waals surface area contributed by atoms with E-state index in [1.54, 1.807) is 14.2 Å². The summed E-state index contributed by atoms with van der Waals surface area (Å²) in [7, 11) is 3.46. The molecule has 0 saturated carbocycles. The van der Waals surface area contributed by atoms with Crippen LogP contribution in [0.3, 0.4) is 0 Å². The molecule has 0 atom stereocenters. The number of methoxy groups -OCH3 is 2. The normalized spacial score (nSPS) is 10.9. The Morgan fingerprint density at radius 3 is 2.81 bits per heavy atom. The van der Waals surface area contributed by atoms with E-state index in [1.807, 2.05) is 0 Å². The predicted molar refractivity (Wildman–Crippen MR) is 64.5 cm³/mol. The highest BCUT2D eigenvalue weighted by molar-refractivity contribution is 5.06. The molecule has 0 spiro atoms. The SMILES string of the molecule is COCCCNCc1cccn1CCOC. The van der Waals surface area contributed by atoms with E-state index in [9.17, 15) is 0 Å². The first-order valence-corrected chi connectivity index (χ1v) is 5.71. The van der Waals surface area contributed by atoms with Crippen molar-refractivity contribution in [1.82, 2.24) is 9.88 Å². The molecule has 4 heteroatoms. The Morgan fingerprint density at radius 2 is 2.06 bits per heavy atom. The molecule has 1 heterocycles. The molecule has 92 valence electrons. The van der Waals surface area contributed by atoms with Crippen LogP contribution in [0.15, 0.2) is 18.3 Å². The fraction of sp³-hybridized carbons (Fsp3) is 0.667. The number of ether oxygens (including phenoxy) is 2. The van der Waals surface area contributed by atoms with Crippen molar-refractivity contribution in [2.24, 2.45) is 0 Å². The van der Waals surface area contributed by atoms with Gasteiger partial charge in [-0.1, -0.05) is 0 Å². The maximum atomic E-state index is 5.07. The van der Waals surface area contributed by atoms with E-state index in [-0.39, 0.29) is 0 Å². The second kappa shape index (κ2) is 8.33. The van der Waals surface area contributed by atoms with Gasteiger partial charge in [-0.25, -0.2) is 0 Å². The number of nitrogens with zero attached hydrogens (tertiary/aromatic N) is 1. The Kier molecular flexibility index (Phi) is 6.88. The van der Waals surface area contributed by atoms with Crippen molar-refractivity contribution in [3.05, 3.63) is 24.0 Å². The first kappa shape index (κ1) is 13.2. The Labute approximate surface area is 97.5 Å². The molecule has 0 aliphatic rings. The van der Waals surface area contributed by atoms with Crippen LogP contribution in [0.5, 0.6) is 0 Å². The molecule has 0 saturated heterocycles. The molecule has 1 rings (SSSR count). The summed E-state index contributed by atoms with van der Waals surface area (Å²) in [6.07, 6.45) is 3.14. The zero-order valence-electron chi connectivity index (χ0n) is 10.2. The summed E-state index contributed by atoms with van der Waals surface area (Å²) in [6, 6.07) is 4.21. The van der Waals surface area contributed by atoms with Gasteiger partial charge in [0.2, 0.25) is 0 Å². The number of hydrogen-bond donors (Lipinski definition) is 1. The molecule has 0 bridgehead atoms. The molecule has 0 fully saturated rings. The van der Waals surface area contributed by atoms with Crippen LogP contribution in [-0.4, -0.2) is 38.5 Å². The van der Waals surface area contributed by atoms with Gasteiger partial charge in [0.1, 0.15) is 0 Å². The summed E-state index contributed by atoms with van der Waals surface area (Å²) in [5, 5.41) is 3.40. The molecule has 16 heavy (non-hydrogen) atoms. The molecular weight excluding hydrogens is 204 g/mol. The lowest BCUT2D eigenvalue weighted by Gasteiger charge is -2.09. The molecule has 0 radical (unpaired) electrons. The quantitative estimate of drug-likeness (QED) is 0.644. The van der Waals surface area contributed by atoms with Crippen LogP contribution in [0.1, 0.15) is 12.1 Å². The Bertz CT molecular complexity index is 274. The van der Waals surface area contributed by atoms with Crippen molar-refractivity contribution in [1.29, 1.82) is 0 Å². The monoisotopic (exact) mass is 226 g/mol. The third kappa shape index (κ3) is 4.79. The number of hydrogen-bond acceptors (Lipinski definition) is 3. The molecule has 0 amide bonds. The minimum Gasteiger partial charge on any atom is -0.385 e. The van der Waals surface area contributed by atoms with Crippen LogP contribution in [0.2, 0.25) is 0 Å². The van der Waals surface area contributed by atoms with E-state index in [4.69, 9.17) is 9.47 Å². The highest BCUT2D eigenvalue weighted by Gasteiger charge is 1.99. The molecular formula is C12H22N2O2. The Hall–Kier alpha value is -0.840. The Balaban J connectivity index is 2.22. The topological polar surface area (TPSA) is 35.4 Å². The van der Waals surface area contributed by atoms with Crippen molar-refractivity contribution in [2.75, 3.05) is 34.0 Å². The summed E-state index contributed by atoms with van der Waals surface area (Å²) < 4.78 is 12.3. The zero-order valence-corrected chi connectivity index (χ0v) is 10.2. The fourth-order valence-corrected chi connectivity index (χ4v) is 1.58. The molecule has 1 N–H and O–H groups in total. The highest BCUT2D eigenvalue weighted by atomic mass is 16.5. The standard InChI is InChI=1S/C12H22N2O2/c1-15-9-4-6-13-11-12-5-3-7-14(12)8-10-16-2/h3,5,7,13H,4,6,8-11H2,1-2H3. The van der Waals surface area contributed by atoms with Crippen LogP contribution < -0.4 is 5.32 Å². The maximum Gasteiger partial charge on any atom is 0.0641 e. The molecule has 0 aliphatic carbocycles. The summed E-state index contributed by atoms with van der Waals surface area (Å²) in [5.41, 5.74) is 1.30. The van der Waals surface area contributed by atoms with Gasteiger partial charge in [0.05, 0.1) is 6.61 Å². The van der Waals surface area contributed by atoms with Crippen LogP contribution in [0.25, 0.3) is 0 Å². The summed E-state index contributed by atoms with van der Waals surface area (Å²) in [5.74, 6) is 0. The van der Waals surface area contributed by atoms with Gasteiger partial charge in [0, 0.05) is 45.8 Å². The van der Waals surface area contributed by atoms with Crippen molar-refractivity contribution in [2.45, 2.75) is 19.5 Å². The smallest absolute Gasteiger partial charge is 0.0641 e. The van der Waals surface area contributed by atoms with Crippen LogP contribution in [0, 0.1) is 0 Å². The van der Waals surface area contributed by atoms with Gasteiger partial charge >= 0.3 is 0 Å². The number of rotatable bonds is 9. The second-order valence-electron chi connectivity index (χ2n) is 3.71. The molecule has 4 nitrogen and oxygen atoms in total. The lowest BCUT2D eigenvalue weighted by atomic mass is 10.4. The average molecular weight is 226 g/mol. The number of nitrogens with one attached hydrogen (secondary N) is 1. The van der Waals surface area contributed by atoms with Crippen LogP contribution in [0.4, 0.5) is 0 Å². The van der Waals surface area contributed by atoms with E-state index in [0.717, 1.165) is 39.3 Å². The molecule has 0 aromatic carbocycles. The average Bonchev–Trinajstić information content (AvgIpc) is 2.74. The van der Waals surface area contributed by atoms with Crippen LogP contribution >= 0.6 is 0 Å². The molecule has 1 aromatic rings. The van der Waals surface area contributed by atoms with Crippen LogP contribution in [-0.2, 0) is 22.6 Å². The predicted octanol–water partition coefficient (Wildman–Crippen LogP) is 1.26. The largest absolute Gasteiger partial charge is 0.385 e. The molecule has 1 aromatic heterocycles. The third-order valence-corrected chi connectivity index (χ3v) is 2.47. The molecule has 0 unspecified atom stereocenters. The van der Waals surface area contributed by atoms with E-state index >= 15 is 0 Å². The Morgan fingerprint density at radius 1 is 1.25 bits per heavy atom. The van der Waals surface area contributed by atoms with Gasteiger partial charge in [-0.3, -0.25) is 0 Å². The summed E-state index contributed by atoms with van der Waals surface area (Å²) in [4.78, 5) is 0. The van der Waals surface area contributed by atoms with Crippen molar-refractivity contribution >= 4 is 0 Å². The summed E-state index contributed by atoms with van der Waals surface area (Å²) >= 11 is 0. The first-order valence-electron chi connectivity index (χ1n) is 5.71. The van der Waals surface area contributed by atoms with Gasteiger partial charge in [-0.2, -0.15) is 0 Å². The van der Waals surface area contributed by atoms with Crippen molar-refractivity contribution in [3.8, 4) is 0 Å². The minimum atomic E-state index is 0.755. The van der Waals surface area contributed by atoms with E-state index in [1.165, 1.54) is 5.69 Å². The van der Waals surface area contributed by atoms with E-state index < -0.39 is 0 Å². The molecule has 0 aliphatic heterocycles. The van der Waals surface area contributed by atoms with Gasteiger partial charge in [-0.15, -0.1) is 0 Å². The summed E-state index contributed by atoms with van der Waals surface area (Å²) in [6.45, 7) is 4.38.